The van der Waals surface area contributed by atoms with Crippen molar-refractivity contribution in [1.82, 2.24) is 4.90 Å². The first-order chi connectivity index (χ1) is 17.7. The van der Waals surface area contributed by atoms with Gasteiger partial charge in [-0.15, -0.1) is 0 Å². The largest absolute Gasteiger partial charge is 0.494 e. The number of amides is 3. The van der Waals surface area contributed by atoms with Crippen molar-refractivity contribution in [1.29, 1.82) is 0 Å². The van der Waals surface area contributed by atoms with Gasteiger partial charge in [0.05, 0.1) is 12.8 Å². The van der Waals surface area contributed by atoms with Gasteiger partial charge in [0, 0.05) is 36.8 Å². The van der Waals surface area contributed by atoms with Crippen molar-refractivity contribution >= 4 is 35.0 Å². The van der Waals surface area contributed by atoms with Crippen LogP contribution in [-0.2, 0) is 9.59 Å². The fraction of sp³-hybridized carbons (Fsp3) is 0.464. The summed E-state index contributed by atoms with van der Waals surface area (Å²) in [4.78, 5) is 40.2. The van der Waals surface area contributed by atoms with E-state index >= 15 is 0 Å². The highest BCUT2D eigenvalue weighted by atomic mass is 16.5. The van der Waals surface area contributed by atoms with Crippen LogP contribution in [0.25, 0.3) is 0 Å². The van der Waals surface area contributed by atoms with E-state index in [-0.39, 0.29) is 24.4 Å². The molecule has 3 N–H and O–H groups in total. The van der Waals surface area contributed by atoms with Crippen LogP contribution in [0.3, 0.4) is 0 Å². The van der Waals surface area contributed by atoms with Gasteiger partial charge in [0.1, 0.15) is 5.75 Å². The van der Waals surface area contributed by atoms with Crippen molar-refractivity contribution in [2.24, 2.45) is 5.92 Å². The number of carbonyl (C=O) groups is 3. The Morgan fingerprint density at radius 1 is 1.11 bits per heavy atom. The molecular formula is C28H38N4O5. The number of nitrogens with one attached hydrogen (secondary N) is 2. The molecule has 9 nitrogen and oxygen atoms in total. The number of carboxylic acids is 1. The third kappa shape index (κ3) is 7.69. The van der Waals surface area contributed by atoms with Crippen LogP contribution in [0.2, 0.25) is 0 Å². The fourth-order valence-corrected chi connectivity index (χ4v) is 4.95. The van der Waals surface area contributed by atoms with Gasteiger partial charge in [0.25, 0.3) is 0 Å². The first kappa shape index (κ1) is 28.0. The van der Waals surface area contributed by atoms with Gasteiger partial charge in [-0.1, -0.05) is 18.2 Å². The summed E-state index contributed by atoms with van der Waals surface area (Å²) in [6.45, 7) is 8.12. The SMILES string of the molecule is COc1cc(N(C(C)=O)C(C)C2CCN(CCCC(=O)O)CC2)ccc1NC(=O)Nc1ccccc1C. The number of anilines is 3. The minimum Gasteiger partial charge on any atom is -0.494 e. The number of aryl methyl sites for hydroxylation is 1. The zero-order valence-corrected chi connectivity index (χ0v) is 22.1. The van der Waals surface area contributed by atoms with Gasteiger partial charge in [0.2, 0.25) is 5.91 Å². The van der Waals surface area contributed by atoms with E-state index in [9.17, 15) is 14.4 Å². The molecule has 3 amide bonds. The number of likely N-dealkylation sites (tertiary alicyclic amines) is 1. The molecule has 0 aliphatic carbocycles. The molecule has 0 saturated carbocycles. The number of nitrogens with zero attached hydrogens (tertiary/aromatic N) is 2. The third-order valence-electron chi connectivity index (χ3n) is 7.03. The molecule has 3 rings (SSSR count). The number of carboxylic acid groups (broad SMARTS) is 1. The summed E-state index contributed by atoms with van der Waals surface area (Å²) in [5.74, 6) is -0.0342. The summed E-state index contributed by atoms with van der Waals surface area (Å²) in [5, 5.41) is 14.5. The van der Waals surface area contributed by atoms with Crippen molar-refractivity contribution in [3.63, 3.8) is 0 Å². The Morgan fingerprint density at radius 2 is 1.78 bits per heavy atom. The Balaban J connectivity index is 1.66. The second-order valence-corrected chi connectivity index (χ2v) is 9.58. The molecule has 2 aromatic carbocycles. The van der Waals surface area contributed by atoms with E-state index in [1.165, 1.54) is 7.11 Å². The molecule has 1 aliphatic heterocycles. The second-order valence-electron chi connectivity index (χ2n) is 9.58. The molecule has 1 unspecified atom stereocenters. The summed E-state index contributed by atoms with van der Waals surface area (Å²) in [7, 11) is 1.53. The lowest BCUT2D eigenvalue weighted by Crippen LogP contribution is -2.46. The summed E-state index contributed by atoms with van der Waals surface area (Å²) in [5.41, 5.74) is 2.89. The standard InChI is InChI=1S/C28H38N4O5/c1-19-8-5-6-9-24(19)29-28(36)30-25-12-11-23(18-26(25)37-4)32(21(3)33)20(2)22-13-16-31(17-14-22)15-7-10-27(34)35/h5-6,8-9,11-12,18,20,22H,7,10,13-17H2,1-4H3,(H,34,35)(H2,29,30,36). The van der Waals surface area contributed by atoms with Crippen LogP contribution in [0.15, 0.2) is 42.5 Å². The molecule has 1 fully saturated rings. The number of urea groups is 1. The summed E-state index contributed by atoms with van der Waals surface area (Å²) in [6.07, 6.45) is 2.72. The molecule has 9 heteroatoms. The minimum atomic E-state index is -0.760. The zero-order chi connectivity index (χ0) is 26.9. The summed E-state index contributed by atoms with van der Waals surface area (Å²) >= 11 is 0. The van der Waals surface area contributed by atoms with Crippen molar-refractivity contribution in [2.45, 2.75) is 52.5 Å². The predicted molar refractivity (Wildman–Crippen MR) is 145 cm³/mol. The maximum absolute atomic E-state index is 12.7. The molecule has 37 heavy (non-hydrogen) atoms. The van der Waals surface area contributed by atoms with Crippen LogP contribution >= 0.6 is 0 Å². The first-order valence-electron chi connectivity index (χ1n) is 12.7. The molecule has 2 aromatic rings. The Hall–Kier alpha value is -3.59. The topological polar surface area (TPSA) is 111 Å². The number of aliphatic carboxylic acids is 1. The fourth-order valence-electron chi connectivity index (χ4n) is 4.95. The van der Waals surface area contributed by atoms with E-state index in [1.807, 2.05) is 37.3 Å². The minimum absolute atomic E-state index is 0.0217. The van der Waals surface area contributed by atoms with Crippen molar-refractivity contribution in [2.75, 3.05) is 42.3 Å². The van der Waals surface area contributed by atoms with Crippen molar-refractivity contribution < 1.29 is 24.2 Å². The van der Waals surface area contributed by atoms with Crippen LogP contribution in [0.5, 0.6) is 5.75 Å². The van der Waals surface area contributed by atoms with Crippen LogP contribution < -0.4 is 20.3 Å². The molecule has 1 atom stereocenters. The molecular weight excluding hydrogens is 472 g/mol. The maximum atomic E-state index is 12.7. The highest BCUT2D eigenvalue weighted by Gasteiger charge is 2.30. The lowest BCUT2D eigenvalue weighted by Gasteiger charge is -2.39. The Labute approximate surface area is 218 Å². The van der Waals surface area contributed by atoms with Gasteiger partial charge in [-0.25, -0.2) is 4.79 Å². The van der Waals surface area contributed by atoms with E-state index in [1.54, 1.807) is 24.0 Å². The Morgan fingerprint density at radius 3 is 2.41 bits per heavy atom. The average molecular weight is 511 g/mol. The molecule has 1 aliphatic rings. The predicted octanol–water partition coefficient (Wildman–Crippen LogP) is 4.97. The number of methoxy groups -OCH3 is 1. The maximum Gasteiger partial charge on any atom is 0.323 e. The lowest BCUT2D eigenvalue weighted by atomic mass is 9.89. The molecule has 0 radical (unpaired) electrons. The highest BCUT2D eigenvalue weighted by molar-refractivity contribution is 6.01. The number of hydrogen-bond acceptors (Lipinski definition) is 5. The van der Waals surface area contributed by atoms with E-state index in [0.29, 0.717) is 29.5 Å². The Bertz CT molecular complexity index is 1100. The first-order valence-corrected chi connectivity index (χ1v) is 12.7. The van der Waals surface area contributed by atoms with Gasteiger partial charge >= 0.3 is 12.0 Å². The molecule has 1 saturated heterocycles. The van der Waals surface area contributed by atoms with Crippen LogP contribution in [0.4, 0.5) is 21.9 Å². The molecule has 0 spiro atoms. The number of rotatable bonds is 10. The van der Waals surface area contributed by atoms with E-state index in [4.69, 9.17) is 9.84 Å². The number of piperidine rings is 1. The number of ether oxygens (including phenoxy) is 1. The third-order valence-corrected chi connectivity index (χ3v) is 7.03. The normalized spacial score (nSPS) is 15.0. The summed E-state index contributed by atoms with van der Waals surface area (Å²) in [6, 6.07) is 12.5. The van der Waals surface area contributed by atoms with Crippen molar-refractivity contribution in [3.05, 3.63) is 48.0 Å². The van der Waals surface area contributed by atoms with Crippen LogP contribution in [-0.4, -0.2) is 60.7 Å². The van der Waals surface area contributed by atoms with E-state index in [0.717, 1.165) is 43.7 Å². The monoisotopic (exact) mass is 510 g/mol. The van der Waals surface area contributed by atoms with Gasteiger partial charge in [-0.3, -0.25) is 9.59 Å². The van der Waals surface area contributed by atoms with E-state index < -0.39 is 5.97 Å². The second kappa shape index (κ2) is 13.1. The smallest absolute Gasteiger partial charge is 0.323 e. The molecule has 1 heterocycles. The van der Waals surface area contributed by atoms with Crippen LogP contribution in [0, 0.1) is 12.8 Å². The van der Waals surface area contributed by atoms with Gasteiger partial charge < -0.3 is 30.3 Å². The number of para-hydroxylation sites is 1. The quantitative estimate of drug-likeness (QED) is 0.416. The number of benzene rings is 2. The lowest BCUT2D eigenvalue weighted by molar-refractivity contribution is -0.137. The molecule has 0 bridgehead atoms. The van der Waals surface area contributed by atoms with Crippen molar-refractivity contribution in [3.8, 4) is 5.75 Å². The average Bonchev–Trinajstić information content (AvgIpc) is 2.86. The molecule has 200 valence electrons. The van der Waals surface area contributed by atoms with Gasteiger partial charge in [-0.2, -0.15) is 0 Å². The highest BCUT2D eigenvalue weighted by Crippen LogP contribution is 2.34. The zero-order valence-electron chi connectivity index (χ0n) is 22.1. The number of carbonyl (C=O) groups excluding carboxylic acids is 2. The summed E-state index contributed by atoms with van der Waals surface area (Å²) < 4.78 is 5.56. The number of hydrogen-bond donors (Lipinski definition) is 3. The Kier molecular flexibility index (Phi) is 9.91. The van der Waals surface area contributed by atoms with Gasteiger partial charge in [0.15, 0.2) is 0 Å². The van der Waals surface area contributed by atoms with E-state index in [2.05, 4.69) is 22.5 Å². The van der Waals surface area contributed by atoms with Gasteiger partial charge in [-0.05, 0) is 82.4 Å². The van der Waals surface area contributed by atoms with Crippen LogP contribution in [0.1, 0.15) is 45.1 Å². The molecule has 0 aromatic heterocycles.